The fourth-order valence-electron chi connectivity index (χ4n) is 4.02. The third-order valence-corrected chi connectivity index (χ3v) is 5.60. The molecule has 2 aliphatic rings. The molecule has 1 aromatic carbocycles. The Hall–Kier alpha value is -2.89. The van der Waals surface area contributed by atoms with Crippen molar-refractivity contribution in [2.75, 3.05) is 6.54 Å². The number of nitrogens with two attached hydrogens (primary N) is 1. The van der Waals surface area contributed by atoms with Crippen molar-refractivity contribution in [1.29, 1.82) is 0 Å². The van der Waals surface area contributed by atoms with Crippen LogP contribution in [0.1, 0.15) is 36.0 Å². The first-order chi connectivity index (χ1) is 14.6. The molecule has 12 heteroatoms. The number of halogens is 6. The number of fused-ring (bicyclic) bond motifs is 1. The molecule has 0 spiro atoms. The summed E-state index contributed by atoms with van der Waals surface area (Å²) >= 11 is 0. The first-order valence-corrected chi connectivity index (χ1v) is 9.44. The Morgan fingerprint density at radius 2 is 1.77 bits per heavy atom. The molecule has 2 heterocycles. The van der Waals surface area contributed by atoms with E-state index in [-0.39, 0.29) is 43.9 Å². The van der Waals surface area contributed by atoms with E-state index in [1.165, 1.54) is 4.90 Å². The maximum Gasteiger partial charge on any atom is 0.451 e. The lowest BCUT2D eigenvalue weighted by molar-refractivity contribution is -0.148. The van der Waals surface area contributed by atoms with Crippen molar-refractivity contribution < 1.29 is 31.1 Å². The summed E-state index contributed by atoms with van der Waals surface area (Å²) < 4.78 is 80.6. The fraction of sp³-hybridized carbons (Fsp3) is 0.421. The molecule has 2 aromatic rings. The van der Waals surface area contributed by atoms with Gasteiger partial charge in [-0.25, -0.2) is 13.2 Å². The average Bonchev–Trinajstić information content (AvgIpc) is 3.14. The van der Waals surface area contributed by atoms with Gasteiger partial charge < -0.3 is 15.2 Å². The van der Waals surface area contributed by atoms with Gasteiger partial charge in [-0.3, -0.25) is 4.79 Å². The SMILES string of the molecule is N[C@@H]1CC(C(=O)N2CCn3c(nnc3C(F)(F)F)C2)=CC[C@H]1c1cc(F)c(F)cc1F. The van der Waals surface area contributed by atoms with Crippen LogP contribution < -0.4 is 5.73 Å². The summed E-state index contributed by atoms with van der Waals surface area (Å²) in [6.07, 6.45) is -2.90. The first kappa shape index (κ1) is 21.3. The Bertz CT molecular complexity index is 1060. The molecule has 1 aliphatic heterocycles. The molecule has 4 rings (SSSR count). The fourth-order valence-corrected chi connectivity index (χ4v) is 4.02. The molecule has 0 fully saturated rings. The predicted molar refractivity (Wildman–Crippen MR) is 94.8 cm³/mol. The zero-order chi connectivity index (χ0) is 22.5. The smallest absolute Gasteiger partial charge is 0.330 e. The molecular weight excluding hydrogens is 428 g/mol. The summed E-state index contributed by atoms with van der Waals surface area (Å²) in [6.45, 7) is -0.221. The molecule has 1 aliphatic carbocycles. The second-order valence-electron chi connectivity index (χ2n) is 7.54. The zero-order valence-corrected chi connectivity index (χ0v) is 16.0. The summed E-state index contributed by atoms with van der Waals surface area (Å²) in [6, 6.07) is 0.500. The van der Waals surface area contributed by atoms with Crippen molar-refractivity contribution in [2.45, 2.75) is 44.1 Å². The van der Waals surface area contributed by atoms with Gasteiger partial charge in [-0.2, -0.15) is 13.2 Å². The largest absolute Gasteiger partial charge is 0.451 e. The Balaban J connectivity index is 1.50. The molecule has 0 bridgehead atoms. The summed E-state index contributed by atoms with van der Waals surface area (Å²) in [4.78, 5) is 14.2. The second kappa shape index (κ2) is 7.66. The van der Waals surface area contributed by atoms with Crippen LogP contribution in [0.25, 0.3) is 0 Å². The van der Waals surface area contributed by atoms with Crippen molar-refractivity contribution in [3.8, 4) is 0 Å². The van der Waals surface area contributed by atoms with Crippen molar-refractivity contribution in [1.82, 2.24) is 19.7 Å². The van der Waals surface area contributed by atoms with Crippen molar-refractivity contribution in [3.05, 3.63) is 58.4 Å². The number of carbonyl (C=O) groups is 1. The van der Waals surface area contributed by atoms with Gasteiger partial charge in [0.1, 0.15) is 5.82 Å². The standard InChI is InChI=1S/C19H17F6N5O/c20-12-7-14(22)13(21)6-11(12)10-2-1-9(5-15(10)26)17(31)29-3-4-30-16(8-29)27-28-18(30)19(23,24)25/h1,6-7,10,15H,2-5,8,26H2/t10-,15+/m0/s1. The lowest BCUT2D eigenvalue weighted by Crippen LogP contribution is -2.42. The third kappa shape index (κ3) is 3.91. The average molecular weight is 445 g/mol. The molecule has 0 unspecified atom stereocenters. The van der Waals surface area contributed by atoms with Gasteiger partial charge in [-0.1, -0.05) is 6.08 Å². The summed E-state index contributed by atoms with van der Waals surface area (Å²) in [5.74, 6) is -5.56. The number of allylic oxidation sites excluding steroid dienone is 1. The van der Waals surface area contributed by atoms with Gasteiger partial charge in [-0.05, 0) is 24.5 Å². The molecule has 0 saturated heterocycles. The van der Waals surface area contributed by atoms with E-state index in [1.807, 2.05) is 0 Å². The van der Waals surface area contributed by atoms with Crippen LogP contribution in [-0.4, -0.2) is 38.2 Å². The Labute approximate surface area is 172 Å². The van der Waals surface area contributed by atoms with Crippen molar-refractivity contribution >= 4 is 5.91 Å². The molecule has 0 radical (unpaired) electrons. The maximum absolute atomic E-state index is 14.1. The molecule has 1 aromatic heterocycles. The summed E-state index contributed by atoms with van der Waals surface area (Å²) in [5.41, 5.74) is 6.37. The van der Waals surface area contributed by atoms with E-state index in [2.05, 4.69) is 10.2 Å². The van der Waals surface area contributed by atoms with Gasteiger partial charge in [0.25, 0.3) is 0 Å². The number of hydrogen-bond acceptors (Lipinski definition) is 4. The number of hydrogen-bond donors (Lipinski definition) is 1. The molecule has 2 N–H and O–H groups in total. The number of rotatable bonds is 2. The minimum Gasteiger partial charge on any atom is -0.330 e. The number of benzene rings is 1. The molecule has 0 saturated carbocycles. The topological polar surface area (TPSA) is 77.0 Å². The highest BCUT2D eigenvalue weighted by Gasteiger charge is 2.40. The van der Waals surface area contributed by atoms with Crippen LogP contribution in [0.3, 0.4) is 0 Å². The van der Waals surface area contributed by atoms with E-state index < -0.39 is 47.3 Å². The normalized spacial score (nSPS) is 21.6. The Morgan fingerprint density at radius 3 is 2.45 bits per heavy atom. The Morgan fingerprint density at radius 1 is 1.06 bits per heavy atom. The van der Waals surface area contributed by atoms with E-state index in [4.69, 9.17) is 5.73 Å². The minimum atomic E-state index is -4.64. The number of aromatic nitrogens is 3. The monoisotopic (exact) mass is 445 g/mol. The highest BCUT2D eigenvalue weighted by molar-refractivity contribution is 5.93. The van der Waals surface area contributed by atoms with Crippen LogP contribution in [0, 0.1) is 17.5 Å². The van der Waals surface area contributed by atoms with Gasteiger partial charge in [0, 0.05) is 36.7 Å². The number of amides is 1. The number of nitrogens with zero attached hydrogens (tertiary/aromatic N) is 4. The van der Waals surface area contributed by atoms with Crippen LogP contribution >= 0.6 is 0 Å². The zero-order valence-electron chi connectivity index (χ0n) is 16.0. The molecule has 6 nitrogen and oxygen atoms in total. The van der Waals surface area contributed by atoms with Gasteiger partial charge >= 0.3 is 6.18 Å². The van der Waals surface area contributed by atoms with Crippen LogP contribution in [0.15, 0.2) is 23.8 Å². The van der Waals surface area contributed by atoms with Crippen LogP contribution in [-0.2, 0) is 24.1 Å². The molecule has 1 amide bonds. The lowest BCUT2D eigenvalue weighted by atomic mass is 9.80. The highest BCUT2D eigenvalue weighted by Crippen LogP contribution is 2.35. The van der Waals surface area contributed by atoms with Crippen LogP contribution in [0.2, 0.25) is 0 Å². The number of carbonyl (C=O) groups excluding carboxylic acids is 1. The highest BCUT2D eigenvalue weighted by atomic mass is 19.4. The maximum atomic E-state index is 14.1. The van der Waals surface area contributed by atoms with Crippen LogP contribution in [0.5, 0.6) is 0 Å². The minimum absolute atomic E-state index is 0.0226. The second-order valence-corrected chi connectivity index (χ2v) is 7.54. The van der Waals surface area contributed by atoms with E-state index in [0.717, 1.165) is 10.6 Å². The van der Waals surface area contributed by atoms with Crippen molar-refractivity contribution in [2.24, 2.45) is 5.73 Å². The quantitative estimate of drug-likeness (QED) is 0.570. The molecule has 166 valence electrons. The molecule has 2 atom stereocenters. The Kier molecular flexibility index (Phi) is 5.28. The van der Waals surface area contributed by atoms with Gasteiger partial charge in [0.05, 0.1) is 6.54 Å². The van der Waals surface area contributed by atoms with E-state index in [0.29, 0.717) is 11.6 Å². The van der Waals surface area contributed by atoms with Gasteiger partial charge in [0.2, 0.25) is 11.7 Å². The predicted octanol–water partition coefficient (Wildman–Crippen LogP) is 2.89. The summed E-state index contributed by atoms with van der Waals surface area (Å²) in [5, 5.41) is 6.71. The van der Waals surface area contributed by atoms with Crippen molar-refractivity contribution in [3.63, 3.8) is 0 Å². The molecule has 31 heavy (non-hydrogen) atoms. The summed E-state index contributed by atoms with van der Waals surface area (Å²) in [7, 11) is 0. The van der Waals surface area contributed by atoms with Crippen LogP contribution in [0.4, 0.5) is 26.3 Å². The van der Waals surface area contributed by atoms with Gasteiger partial charge in [0.15, 0.2) is 17.5 Å². The lowest BCUT2D eigenvalue weighted by Gasteiger charge is -2.33. The van der Waals surface area contributed by atoms with E-state index in [9.17, 15) is 31.1 Å². The first-order valence-electron chi connectivity index (χ1n) is 9.44. The number of alkyl halides is 3. The molecular formula is C19H17F6N5O. The third-order valence-electron chi connectivity index (χ3n) is 5.60. The van der Waals surface area contributed by atoms with Gasteiger partial charge in [-0.15, -0.1) is 10.2 Å². The van der Waals surface area contributed by atoms with E-state index in [1.54, 1.807) is 6.08 Å². The van der Waals surface area contributed by atoms with E-state index >= 15 is 0 Å².